The number of fused-ring (bicyclic) bond motifs is 4. The van der Waals surface area contributed by atoms with E-state index in [9.17, 15) is 9.59 Å². The van der Waals surface area contributed by atoms with Gasteiger partial charge in [-0.1, -0.05) is 78.4 Å². The molecule has 2 unspecified atom stereocenters. The molecule has 6 rings (SSSR count). The molecule has 208 valence electrons. The molecule has 1 fully saturated rings. The first-order valence-corrected chi connectivity index (χ1v) is 13.9. The van der Waals surface area contributed by atoms with E-state index in [2.05, 4.69) is 41.8 Å². The lowest BCUT2D eigenvalue weighted by Gasteiger charge is -2.50. The fraction of sp³-hybridized carbons (Fsp3) is 0.235. The van der Waals surface area contributed by atoms with Crippen LogP contribution in [0, 0.1) is 6.92 Å². The number of nitrogens with one attached hydrogen (secondary N) is 2. The van der Waals surface area contributed by atoms with Gasteiger partial charge < -0.3 is 20.1 Å². The third-order valence-electron chi connectivity index (χ3n) is 7.69. The molecule has 1 saturated heterocycles. The Morgan fingerprint density at radius 3 is 2.59 bits per heavy atom. The van der Waals surface area contributed by atoms with E-state index in [1.54, 1.807) is 23.1 Å². The van der Waals surface area contributed by atoms with Crippen molar-refractivity contribution in [1.29, 1.82) is 0 Å². The molecule has 0 aromatic heterocycles. The number of hydrogen-bond acceptors (Lipinski definition) is 4. The largest absolute Gasteiger partial charge is 0.485 e. The van der Waals surface area contributed by atoms with Gasteiger partial charge in [0.1, 0.15) is 6.61 Å². The number of hydrogen-bond donors (Lipinski definition) is 2. The first kappa shape index (κ1) is 26.4. The van der Waals surface area contributed by atoms with E-state index >= 15 is 0 Å². The van der Waals surface area contributed by atoms with Crippen LogP contribution in [0.15, 0.2) is 97.1 Å². The number of carbonyl (C=O) groups excluding carboxylic acids is 2. The summed E-state index contributed by atoms with van der Waals surface area (Å²) >= 11 is 0. The fourth-order valence-corrected chi connectivity index (χ4v) is 5.56. The van der Waals surface area contributed by atoms with Crippen LogP contribution in [0.2, 0.25) is 0 Å². The summed E-state index contributed by atoms with van der Waals surface area (Å²) in [6.07, 6.45) is 1.28. The van der Waals surface area contributed by atoms with E-state index < -0.39 is 5.72 Å². The number of ether oxygens (including phenoxy) is 2. The van der Waals surface area contributed by atoms with Gasteiger partial charge in [-0.15, -0.1) is 0 Å². The first-order valence-electron chi connectivity index (χ1n) is 13.9. The molecule has 2 atom stereocenters. The molecule has 3 amide bonds. The van der Waals surface area contributed by atoms with E-state index in [1.165, 1.54) is 11.1 Å². The van der Waals surface area contributed by atoms with Crippen molar-refractivity contribution < 1.29 is 19.1 Å². The minimum absolute atomic E-state index is 0.189. The van der Waals surface area contributed by atoms with E-state index in [0.717, 1.165) is 17.5 Å². The van der Waals surface area contributed by atoms with Crippen molar-refractivity contribution in [3.8, 4) is 11.5 Å². The lowest BCUT2D eigenvalue weighted by atomic mass is 9.89. The van der Waals surface area contributed by atoms with E-state index in [4.69, 9.17) is 9.47 Å². The molecular weight excluding hydrogens is 514 g/mol. The van der Waals surface area contributed by atoms with Gasteiger partial charge in [0.15, 0.2) is 17.2 Å². The van der Waals surface area contributed by atoms with Crippen molar-refractivity contribution in [3.05, 3.63) is 125 Å². The maximum atomic E-state index is 13.5. The van der Waals surface area contributed by atoms with Crippen molar-refractivity contribution in [3.63, 3.8) is 0 Å². The van der Waals surface area contributed by atoms with Gasteiger partial charge in [-0.25, -0.2) is 4.79 Å². The number of rotatable bonds is 8. The number of para-hydroxylation sites is 1. The van der Waals surface area contributed by atoms with Crippen LogP contribution < -0.4 is 25.0 Å². The van der Waals surface area contributed by atoms with Gasteiger partial charge in [0.05, 0.1) is 11.7 Å². The van der Waals surface area contributed by atoms with Crippen LogP contribution in [0.25, 0.3) is 0 Å². The van der Waals surface area contributed by atoms with Crippen molar-refractivity contribution in [2.45, 2.75) is 45.1 Å². The average molecular weight is 548 g/mol. The topological polar surface area (TPSA) is 79.9 Å². The smallest absolute Gasteiger partial charge is 0.325 e. The summed E-state index contributed by atoms with van der Waals surface area (Å²) in [5.74, 6) is 1.06. The fourth-order valence-electron chi connectivity index (χ4n) is 5.56. The highest BCUT2D eigenvalue weighted by molar-refractivity contribution is 5.99. The van der Waals surface area contributed by atoms with E-state index in [-0.39, 0.29) is 18.0 Å². The molecule has 0 spiro atoms. The Morgan fingerprint density at radius 1 is 1.00 bits per heavy atom. The number of urea groups is 1. The predicted molar refractivity (Wildman–Crippen MR) is 158 cm³/mol. The van der Waals surface area contributed by atoms with Crippen LogP contribution in [0.3, 0.4) is 0 Å². The highest BCUT2D eigenvalue weighted by Crippen LogP contribution is 2.49. The Bertz CT molecular complexity index is 1570. The molecule has 7 heteroatoms. The third kappa shape index (κ3) is 5.48. The standard InChI is InChI=1S/C34H33N3O4/c1-23-14-16-24(17-15-23)18-19-35-32(38)26-10-6-11-27(20-26)37-33(39)36-29-21-34(37,2)41-31-28(29)12-7-13-30(31)40-22-25-8-4-3-5-9-25/h3-17,20,29H,18-19,21-22H2,1-2H3,(H,35,38)(H,36,39). The normalized spacial score (nSPS) is 19.0. The zero-order chi connectivity index (χ0) is 28.4. The van der Waals surface area contributed by atoms with Gasteiger partial charge in [-0.2, -0.15) is 0 Å². The molecular formula is C34H33N3O4. The molecule has 4 aromatic carbocycles. The molecule has 41 heavy (non-hydrogen) atoms. The second kappa shape index (κ2) is 11.0. The lowest BCUT2D eigenvalue weighted by molar-refractivity contribution is 0.0338. The summed E-state index contributed by atoms with van der Waals surface area (Å²) < 4.78 is 12.8. The molecule has 4 aromatic rings. The molecule has 2 aliphatic heterocycles. The van der Waals surface area contributed by atoms with Gasteiger partial charge in [0.25, 0.3) is 5.91 Å². The number of anilines is 1. The third-order valence-corrected chi connectivity index (χ3v) is 7.69. The highest BCUT2D eigenvalue weighted by Gasteiger charge is 2.50. The Hall–Kier alpha value is -4.78. The summed E-state index contributed by atoms with van der Waals surface area (Å²) in [6.45, 7) is 4.88. The monoisotopic (exact) mass is 547 g/mol. The second-order valence-electron chi connectivity index (χ2n) is 10.8. The first-order chi connectivity index (χ1) is 19.9. The van der Waals surface area contributed by atoms with Crippen LogP contribution in [-0.4, -0.2) is 24.2 Å². The molecule has 7 nitrogen and oxygen atoms in total. The Labute approximate surface area is 240 Å². The van der Waals surface area contributed by atoms with Crippen LogP contribution in [0.5, 0.6) is 11.5 Å². The van der Waals surface area contributed by atoms with Crippen molar-refractivity contribution in [2.24, 2.45) is 0 Å². The highest BCUT2D eigenvalue weighted by atomic mass is 16.5. The predicted octanol–water partition coefficient (Wildman–Crippen LogP) is 6.32. The summed E-state index contributed by atoms with van der Waals surface area (Å²) in [5.41, 5.74) is 4.40. The Balaban J connectivity index is 1.20. The molecule has 0 aliphatic carbocycles. The molecule has 2 aliphatic rings. The zero-order valence-corrected chi connectivity index (χ0v) is 23.2. The van der Waals surface area contributed by atoms with Gasteiger partial charge >= 0.3 is 6.03 Å². The van der Waals surface area contributed by atoms with Crippen LogP contribution in [0.1, 0.15) is 52.0 Å². The van der Waals surface area contributed by atoms with Crippen LogP contribution in [-0.2, 0) is 13.0 Å². The van der Waals surface area contributed by atoms with Gasteiger partial charge in [-0.3, -0.25) is 9.69 Å². The SMILES string of the molecule is Cc1ccc(CCNC(=O)c2cccc(N3C(=O)NC4CC3(C)Oc3c(OCc5ccccc5)cccc34)c2)cc1. The van der Waals surface area contributed by atoms with Crippen molar-refractivity contribution in [2.75, 3.05) is 11.4 Å². The van der Waals surface area contributed by atoms with Crippen molar-refractivity contribution in [1.82, 2.24) is 10.6 Å². The van der Waals surface area contributed by atoms with Gasteiger partial charge in [0.2, 0.25) is 0 Å². The number of carbonyl (C=O) groups is 2. The summed E-state index contributed by atoms with van der Waals surface area (Å²) in [5, 5.41) is 6.13. The van der Waals surface area contributed by atoms with Crippen LogP contribution in [0.4, 0.5) is 10.5 Å². The van der Waals surface area contributed by atoms with Crippen LogP contribution >= 0.6 is 0 Å². The Kier molecular flexibility index (Phi) is 7.10. The molecule has 2 N–H and O–H groups in total. The zero-order valence-electron chi connectivity index (χ0n) is 23.2. The summed E-state index contributed by atoms with van der Waals surface area (Å²) in [6, 6.07) is 30.6. The number of aryl methyl sites for hydroxylation is 1. The summed E-state index contributed by atoms with van der Waals surface area (Å²) in [7, 11) is 0. The average Bonchev–Trinajstić information content (AvgIpc) is 2.97. The van der Waals surface area contributed by atoms with E-state index in [1.807, 2.05) is 61.5 Å². The number of amides is 3. The van der Waals surface area contributed by atoms with Gasteiger partial charge in [0, 0.05) is 24.1 Å². The Morgan fingerprint density at radius 2 is 1.78 bits per heavy atom. The van der Waals surface area contributed by atoms with E-state index in [0.29, 0.717) is 42.3 Å². The molecule has 0 saturated carbocycles. The minimum atomic E-state index is -0.979. The maximum Gasteiger partial charge on any atom is 0.325 e. The van der Waals surface area contributed by atoms with Crippen molar-refractivity contribution >= 4 is 17.6 Å². The van der Waals surface area contributed by atoms with Gasteiger partial charge in [-0.05, 0) is 55.7 Å². The minimum Gasteiger partial charge on any atom is -0.485 e. The molecule has 2 heterocycles. The quantitative estimate of drug-likeness (QED) is 0.271. The number of benzene rings is 4. The second-order valence-corrected chi connectivity index (χ2v) is 10.8. The maximum absolute atomic E-state index is 13.5. The molecule has 2 bridgehead atoms. The number of nitrogens with zero attached hydrogens (tertiary/aromatic N) is 1. The lowest BCUT2D eigenvalue weighted by Crippen LogP contribution is -2.65. The molecule has 0 radical (unpaired) electrons. The summed E-state index contributed by atoms with van der Waals surface area (Å²) in [4.78, 5) is 28.1.